The number of benzene rings is 1. The average molecular weight is 395 g/mol. The Morgan fingerprint density at radius 3 is 2.55 bits per heavy atom. The van der Waals surface area contributed by atoms with Crippen molar-refractivity contribution in [1.29, 1.82) is 0 Å². The van der Waals surface area contributed by atoms with Crippen molar-refractivity contribution in [2.75, 3.05) is 27.3 Å². The second-order valence-corrected chi connectivity index (χ2v) is 4.38. The molecule has 114 valence electrons. The van der Waals surface area contributed by atoms with Gasteiger partial charge >= 0.3 is 0 Å². The van der Waals surface area contributed by atoms with Crippen LogP contribution < -0.4 is 10.6 Å². The number of nitrogens with one attached hydrogen (secondary N) is 2. The summed E-state index contributed by atoms with van der Waals surface area (Å²) < 4.78 is 17.8. The third-order valence-corrected chi connectivity index (χ3v) is 2.64. The third kappa shape index (κ3) is 7.64. The van der Waals surface area contributed by atoms with Crippen LogP contribution in [0, 0.1) is 5.82 Å². The molecule has 0 aromatic heterocycles. The Morgan fingerprint density at radius 2 is 2.00 bits per heavy atom. The Morgan fingerprint density at radius 1 is 1.35 bits per heavy atom. The molecule has 0 aliphatic heterocycles. The van der Waals surface area contributed by atoms with Gasteiger partial charge in [0.15, 0.2) is 5.96 Å². The smallest absolute Gasteiger partial charge is 0.191 e. The lowest BCUT2D eigenvalue weighted by atomic mass is 10.1. The summed E-state index contributed by atoms with van der Waals surface area (Å²) in [5.74, 6) is 0.536. The summed E-state index contributed by atoms with van der Waals surface area (Å²) in [7, 11) is 3.40. The topological polar surface area (TPSA) is 45.7 Å². The lowest BCUT2D eigenvalue weighted by Gasteiger charge is -2.17. The average Bonchev–Trinajstić information content (AvgIpc) is 2.40. The SMILES string of the molecule is CN=C(NCCc1ccc(F)cc1)NC(C)COC.I. The number of halogens is 2. The second-order valence-electron chi connectivity index (χ2n) is 4.38. The second kappa shape index (κ2) is 10.8. The number of guanidine groups is 1. The highest BCUT2D eigenvalue weighted by atomic mass is 127. The summed E-state index contributed by atoms with van der Waals surface area (Å²) >= 11 is 0. The zero-order chi connectivity index (χ0) is 14.1. The van der Waals surface area contributed by atoms with E-state index in [0.29, 0.717) is 6.61 Å². The fourth-order valence-corrected chi connectivity index (χ4v) is 1.70. The van der Waals surface area contributed by atoms with E-state index in [-0.39, 0.29) is 35.8 Å². The van der Waals surface area contributed by atoms with Crippen LogP contribution in [0.25, 0.3) is 0 Å². The lowest BCUT2D eigenvalue weighted by Crippen LogP contribution is -2.44. The highest BCUT2D eigenvalue weighted by Gasteiger charge is 2.04. The first-order chi connectivity index (χ1) is 9.15. The van der Waals surface area contributed by atoms with Crippen LogP contribution in [0.3, 0.4) is 0 Å². The lowest BCUT2D eigenvalue weighted by molar-refractivity contribution is 0.179. The number of hydrogen-bond acceptors (Lipinski definition) is 2. The number of rotatable bonds is 6. The molecule has 1 rings (SSSR count). The largest absolute Gasteiger partial charge is 0.383 e. The summed E-state index contributed by atoms with van der Waals surface area (Å²) in [5.41, 5.74) is 1.09. The number of nitrogens with zero attached hydrogens (tertiary/aromatic N) is 1. The number of aliphatic imine (C=N–C) groups is 1. The monoisotopic (exact) mass is 395 g/mol. The van der Waals surface area contributed by atoms with E-state index in [4.69, 9.17) is 4.74 Å². The Balaban J connectivity index is 0.00000361. The van der Waals surface area contributed by atoms with Gasteiger partial charge in [0.25, 0.3) is 0 Å². The Bertz CT molecular complexity index is 398. The summed E-state index contributed by atoms with van der Waals surface area (Å²) in [4.78, 5) is 4.13. The molecule has 1 atom stereocenters. The van der Waals surface area contributed by atoms with Crippen molar-refractivity contribution in [3.63, 3.8) is 0 Å². The number of hydrogen-bond donors (Lipinski definition) is 2. The van der Waals surface area contributed by atoms with Crippen LogP contribution >= 0.6 is 24.0 Å². The van der Waals surface area contributed by atoms with Gasteiger partial charge < -0.3 is 15.4 Å². The molecule has 0 saturated heterocycles. The van der Waals surface area contributed by atoms with Gasteiger partial charge in [0.05, 0.1) is 6.61 Å². The molecule has 0 fully saturated rings. The molecule has 20 heavy (non-hydrogen) atoms. The molecule has 0 spiro atoms. The van der Waals surface area contributed by atoms with Gasteiger partial charge in [-0.25, -0.2) is 4.39 Å². The van der Waals surface area contributed by atoms with Gasteiger partial charge in [0, 0.05) is 26.7 Å². The minimum Gasteiger partial charge on any atom is -0.383 e. The summed E-state index contributed by atoms with van der Waals surface area (Å²) in [6.07, 6.45) is 0.819. The van der Waals surface area contributed by atoms with Crippen molar-refractivity contribution in [3.05, 3.63) is 35.6 Å². The van der Waals surface area contributed by atoms with Crippen molar-refractivity contribution in [3.8, 4) is 0 Å². The minimum absolute atomic E-state index is 0. The van der Waals surface area contributed by atoms with Crippen molar-refractivity contribution in [2.24, 2.45) is 4.99 Å². The van der Waals surface area contributed by atoms with Gasteiger partial charge in [0.1, 0.15) is 5.82 Å². The highest BCUT2D eigenvalue weighted by Crippen LogP contribution is 2.02. The van der Waals surface area contributed by atoms with Gasteiger partial charge in [-0.1, -0.05) is 12.1 Å². The fraction of sp³-hybridized carbons (Fsp3) is 0.500. The van der Waals surface area contributed by atoms with E-state index in [1.54, 1.807) is 26.3 Å². The van der Waals surface area contributed by atoms with Crippen LogP contribution in [0.4, 0.5) is 4.39 Å². The number of methoxy groups -OCH3 is 1. The van der Waals surface area contributed by atoms with Crippen molar-refractivity contribution in [1.82, 2.24) is 10.6 Å². The molecule has 0 aliphatic carbocycles. The molecule has 0 amide bonds. The molecule has 1 aromatic rings. The molecule has 6 heteroatoms. The third-order valence-electron chi connectivity index (χ3n) is 2.64. The molecule has 0 radical (unpaired) electrons. The minimum atomic E-state index is -0.206. The van der Waals surface area contributed by atoms with E-state index < -0.39 is 0 Å². The molecule has 0 bridgehead atoms. The summed E-state index contributed by atoms with van der Waals surface area (Å²) in [6, 6.07) is 6.73. The quantitative estimate of drug-likeness (QED) is 0.441. The van der Waals surface area contributed by atoms with Crippen LogP contribution in [0.5, 0.6) is 0 Å². The van der Waals surface area contributed by atoms with Crippen molar-refractivity contribution in [2.45, 2.75) is 19.4 Å². The highest BCUT2D eigenvalue weighted by molar-refractivity contribution is 14.0. The molecule has 2 N–H and O–H groups in total. The van der Waals surface area contributed by atoms with E-state index in [2.05, 4.69) is 15.6 Å². The van der Waals surface area contributed by atoms with Gasteiger partial charge in [-0.2, -0.15) is 0 Å². The maximum absolute atomic E-state index is 12.8. The molecular formula is C14H23FIN3O. The zero-order valence-corrected chi connectivity index (χ0v) is 14.5. The molecule has 4 nitrogen and oxygen atoms in total. The van der Waals surface area contributed by atoms with Crippen LogP contribution in [0.15, 0.2) is 29.3 Å². The van der Waals surface area contributed by atoms with Gasteiger partial charge in [-0.05, 0) is 31.0 Å². The first kappa shape index (κ1) is 19.1. The van der Waals surface area contributed by atoms with E-state index in [1.807, 2.05) is 6.92 Å². The zero-order valence-electron chi connectivity index (χ0n) is 12.1. The van der Waals surface area contributed by atoms with E-state index in [9.17, 15) is 4.39 Å². The van der Waals surface area contributed by atoms with Crippen LogP contribution in [0.1, 0.15) is 12.5 Å². The van der Waals surface area contributed by atoms with Crippen LogP contribution in [-0.4, -0.2) is 39.3 Å². The first-order valence-corrected chi connectivity index (χ1v) is 6.36. The summed E-state index contributed by atoms with van der Waals surface area (Å²) in [6.45, 7) is 3.39. The van der Waals surface area contributed by atoms with Crippen LogP contribution in [0.2, 0.25) is 0 Å². The molecule has 1 unspecified atom stereocenters. The fourth-order valence-electron chi connectivity index (χ4n) is 1.70. The molecule has 0 aliphatic rings. The Kier molecular flexibility index (Phi) is 10.4. The predicted molar refractivity (Wildman–Crippen MR) is 91.4 cm³/mol. The van der Waals surface area contributed by atoms with Crippen molar-refractivity contribution >= 4 is 29.9 Å². The van der Waals surface area contributed by atoms with Crippen LogP contribution in [-0.2, 0) is 11.2 Å². The van der Waals surface area contributed by atoms with Gasteiger partial charge in [-0.3, -0.25) is 4.99 Å². The van der Waals surface area contributed by atoms with E-state index >= 15 is 0 Å². The van der Waals surface area contributed by atoms with E-state index in [1.165, 1.54) is 12.1 Å². The maximum Gasteiger partial charge on any atom is 0.191 e. The summed E-state index contributed by atoms with van der Waals surface area (Å²) in [5, 5.41) is 6.43. The number of ether oxygens (including phenoxy) is 1. The predicted octanol–water partition coefficient (Wildman–Crippen LogP) is 2.19. The normalized spacial score (nSPS) is 12.5. The van der Waals surface area contributed by atoms with Crippen molar-refractivity contribution < 1.29 is 9.13 Å². The standard InChI is InChI=1S/C14H22FN3O.HI/c1-11(10-19-3)18-14(16-2)17-9-8-12-4-6-13(15)7-5-12;/h4-7,11H,8-10H2,1-3H3,(H2,16,17,18);1H. The molecule has 1 aromatic carbocycles. The van der Waals surface area contributed by atoms with E-state index in [0.717, 1.165) is 24.5 Å². The Labute approximate surface area is 137 Å². The molecular weight excluding hydrogens is 372 g/mol. The Hall–Kier alpha value is -0.890. The molecule has 0 saturated carbocycles. The van der Waals surface area contributed by atoms with Gasteiger partial charge in [-0.15, -0.1) is 24.0 Å². The maximum atomic E-state index is 12.8. The van der Waals surface area contributed by atoms with Gasteiger partial charge in [0.2, 0.25) is 0 Å². The first-order valence-electron chi connectivity index (χ1n) is 6.36. The molecule has 0 heterocycles.